The number of nitriles is 1. The van der Waals surface area contributed by atoms with Crippen molar-refractivity contribution >= 4 is 11.5 Å². The fourth-order valence-corrected chi connectivity index (χ4v) is 5.04. The van der Waals surface area contributed by atoms with E-state index in [0.717, 1.165) is 76.3 Å². The summed E-state index contributed by atoms with van der Waals surface area (Å²) < 4.78 is 11.4. The Morgan fingerprint density at radius 3 is 2.54 bits per heavy atom. The molecule has 0 radical (unpaired) electrons. The highest BCUT2D eigenvalue weighted by atomic mass is 16.5. The Morgan fingerprint density at radius 1 is 1.14 bits per heavy atom. The molecule has 188 valence electrons. The molecule has 1 saturated carbocycles. The van der Waals surface area contributed by atoms with Gasteiger partial charge in [0.1, 0.15) is 12.6 Å². The maximum atomic E-state index is 12.7. The summed E-state index contributed by atoms with van der Waals surface area (Å²) in [5.74, 6) is 0.851. The zero-order valence-corrected chi connectivity index (χ0v) is 20.6. The van der Waals surface area contributed by atoms with Gasteiger partial charge in [-0.3, -0.25) is 9.69 Å². The molecule has 3 aliphatic rings. The molecule has 0 spiro atoms. The van der Waals surface area contributed by atoms with Gasteiger partial charge < -0.3 is 20.5 Å². The van der Waals surface area contributed by atoms with Crippen LogP contribution in [-0.2, 0) is 20.7 Å². The number of ether oxygens (including phenoxy) is 2. The van der Waals surface area contributed by atoms with Crippen LogP contribution < -0.4 is 11.1 Å². The van der Waals surface area contributed by atoms with Crippen molar-refractivity contribution in [3.63, 3.8) is 0 Å². The van der Waals surface area contributed by atoms with Crippen molar-refractivity contribution in [2.75, 3.05) is 39.5 Å². The van der Waals surface area contributed by atoms with E-state index in [1.165, 1.54) is 11.1 Å². The number of morpholine rings is 1. The number of nitrogens with two attached hydrogens (primary N) is 1. The Bertz CT molecular complexity index is 951. The van der Waals surface area contributed by atoms with E-state index in [9.17, 15) is 10.1 Å². The topological polar surface area (TPSA) is 101 Å². The number of hydrogen-bond acceptors (Lipinski definition) is 6. The molecule has 0 bridgehead atoms. The first-order chi connectivity index (χ1) is 17.1. The first kappa shape index (κ1) is 25.4. The lowest BCUT2D eigenvalue weighted by Gasteiger charge is -2.32. The molecule has 2 fully saturated rings. The largest absolute Gasteiger partial charge is 0.497 e. The molecule has 35 heavy (non-hydrogen) atoms. The Morgan fingerprint density at radius 2 is 1.89 bits per heavy atom. The van der Waals surface area contributed by atoms with Gasteiger partial charge in [0.2, 0.25) is 5.91 Å². The number of carbonyl (C=O) groups is 1. The number of benzene rings is 1. The van der Waals surface area contributed by atoms with E-state index in [2.05, 4.69) is 40.6 Å². The average molecular weight is 479 g/mol. The normalized spacial score (nSPS) is 21.3. The van der Waals surface area contributed by atoms with Gasteiger partial charge in [-0.05, 0) is 42.0 Å². The van der Waals surface area contributed by atoms with Crippen LogP contribution >= 0.6 is 0 Å². The van der Waals surface area contributed by atoms with E-state index in [4.69, 9.17) is 15.2 Å². The van der Waals surface area contributed by atoms with Gasteiger partial charge in [-0.15, -0.1) is 0 Å². The van der Waals surface area contributed by atoms with Crippen molar-refractivity contribution in [3.8, 4) is 6.07 Å². The Kier molecular flexibility index (Phi) is 8.97. The zero-order chi connectivity index (χ0) is 24.5. The second-order valence-corrected chi connectivity index (χ2v) is 9.90. The third-order valence-electron chi connectivity index (χ3n) is 7.33. The van der Waals surface area contributed by atoms with E-state index in [1.54, 1.807) is 0 Å². The fourth-order valence-electron chi connectivity index (χ4n) is 5.04. The highest BCUT2D eigenvalue weighted by Gasteiger charge is 2.36. The molecule has 2 aliphatic carbocycles. The molecular weight excluding hydrogens is 440 g/mol. The number of nitrogens with one attached hydrogen (secondary N) is 1. The van der Waals surface area contributed by atoms with Gasteiger partial charge >= 0.3 is 0 Å². The van der Waals surface area contributed by atoms with Gasteiger partial charge in [0.15, 0.2) is 0 Å². The molecule has 1 heterocycles. The average Bonchev–Trinajstić information content (AvgIpc) is 2.90. The second kappa shape index (κ2) is 12.3. The van der Waals surface area contributed by atoms with E-state index in [-0.39, 0.29) is 5.91 Å². The van der Waals surface area contributed by atoms with E-state index in [1.807, 2.05) is 12.1 Å². The summed E-state index contributed by atoms with van der Waals surface area (Å²) in [4.78, 5) is 15.1. The van der Waals surface area contributed by atoms with Crippen LogP contribution in [-0.4, -0.2) is 61.8 Å². The van der Waals surface area contributed by atoms with Crippen LogP contribution in [0.5, 0.6) is 0 Å². The lowest BCUT2D eigenvalue weighted by atomic mass is 9.81. The molecule has 1 aliphatic heterocycles. The van der Waals surface area contributed by atoms with Gasteiger partial charge in [0.25, 0.3) is 0 Å². The minimum Gasteiger partial charge on any atom is -0.497 e. The predicted octanol–water partition coefficient (Wildman–Crippen LogP) is 3.31. The molecule has 1 aromatic carbocycles. The summed E-state index contributed by atoms with van der Waals surface area (Å²) in [5.41, 5.74) is 8.98. The Balaban J connectivity index is 1.26. The molecule has 1 atom stereocenters. The van der Waals surface area contributed by atoms with Crippen molar-refractivity contribution in [2.24, 2.45) is 5.73 Å². The number of carbonyl (C=O) groups excluding carboxylic acids is 1. The highest BCUT2D eigenvalue weighted by molar-refractivity contribution is 5.86. The number of nitrogens with zero attached hydrogens (tertiary/aromatic N) is 2. The summed E-state index contributed by atoms with van der Waals surface area (Å²) >= 11 is 0. The molecule has 0 unspecified atom stereocenters. The summed E-state index contributed by atoms with van der Waals surface area (Å²) in [6.45, 7) is 5.25. The minimum absolute atomic E-state index is 0.192. The van der Waals surface area contributed by atoms with E-state index >= 15 is 0 Å². The Labute approximate surface area is 208 Å². The van der Waals surface area contributed by atoms with Crippen molar-refractivity contribution in [1.82, 2.24) is 10.2 Å². The lowest BCUT2D eigenvalue weighted by Crippen LogP contribution is -2.57. The number of amides is 1. The number of hydrogen-bond donors (Lipinski definition) is 2. The van der Waals surface area contributed by atoms with E-state index < -0.39 is 11.6 Å². The van der Waals surface area contributed by atoms with Crippen molar-refractivity contribution in [1.29, 1.82) is 5.26 Å². The SMILES string of the molecule is N#C[C@H](Cc1ccc(C2=CC=C(OCCN3CCOCC3)CC2)cc1)NC(=O)C1(N)CCCCC1. The number of allylic oxidation sites excluding steroid dienone is 4. The van der Waals surface area contributed by atoms with Crippen LogP contribution in [0.15, 0.2) is 42.2 Å². The standard InChI is InChI=1S/C28H38N4O3/c29-21-25(31-27(33)28(30)12-2-1-3-13-28)20-22-4-6-23(7-5-22)24-8-10-26(11-9-24)35-19-16-32-14-17-34-18-15-32/h4-8,10,25H,1-3,9,11-20,30H2,(H,31,33)/t25-/m0/s1. The fraction of sp³-hybridized carbons (Fsp3) is 0.571. The molecule has 1 amide bonds. The monoisotopic (exact) mass is 478 g/mol. The third kappa shape index (κ3) is 7.17. The van der Waals surface area contributed by atoms with Crippen LogP contribution in [0.2, 0.25) is 0 Å². The van der Waals surface area contributed by atoms with Crippen LogP contribution in [0.1, 0.15) is 56.1 Å². The zero-order valence-electron chi connectivity index (χ0n) is 20.6. The van der Waals surface area contributed by atoms with Crippen molar-refractivity contribution < 1.29 is 14.3 Å². The summed E-state index contributed by atoms with van der Waals surface area (Å²) in [5, 5.41) is 12.5. The Hall–Kier alpha value is -2.66. The van der Waals surface area contributed by atoms with Crippen LogP contribution in [0.4, 0.5) is 0 Å². The van der Waals surface area contributed by atoms with Gasteiger partial charge in [-0.1, -0.05) is 49.6 Å². The third-order valence-corrected chi connectivity index (χ3v) is 7.33. The maximum absolute atomic E-state index is 12.7. The first-order valence-electron chi connectivity index (χ1n) is 13.0. The quantitative estimate of drug-likeness (QED) is 0.565. The van der Waals surface area contributed by atoms with Crippen molar-refractivity contribution in [3.05, 3.63) is 53.3 Å². The van der Waals surface area contributed by atoms with Crippen molar-refractivity contribution in [2.45, 2.75) is 62.9 Å². The van der Waals surface area contributed by atoms with Crippen LogP contribution in [0, 0.1) is 11.3 Å². The molecule has 1 saturated heterocycles. The summed E-state index contributed by atoms with van der Waals surface area (Å²) in [6.07, 6.45) is 11.0. The molecule has 0 aromatic heterocycles. The minimum atomic E-state index is -0.830. The van der Waals surface area contributed by atoms with Crippen LogP contribution in [0.25, 0.3) is 5.57 Å². The van der Waals surface area contributed by atoms with Gasteiger partial charge in [-0.2, -0.15) is 5.26 Å². The molecule has 4 rings (SSSR count). The molecule has 7 nitrogen and oxygen atoms in total. The second-order valence-electron chi connectivity index (χ2n) is 9.90. The molecule has 1 aromatic rings. The van der Waals surface area contributed by atoms with E-state index in [0.29, 0.717) is 25.9 Å². The van der Waals surface area contributed by atoms with Gasteiger partial charge in [0, 0.05) is 32.5 Å². The predicted molar refractivity (Wildman–Crippen MR) is 136 cm³/mol. The highest BCUT2D eigenvalue weighted by Crippen LogP contribution is 2.28. The first-order valence-corrected chi connectivity index (χ1v) is 13.0. The summed E-state index contributed by atoms with van der Waals surface area (Å²) in [7, 11) is 0. The van der Waals surface area contributed by atoms with Gasteiger partial charge in [-0.25, -0.2) is 0 Å². The molecular formula is C28H38N4O3. The smallest absolute Gasteiger partial charge is 0.241 e. The number of rotatable bonds is 9. The lowest BCUT2D eigenvalue weighted by molar-refractivity contribution is -0.127. The molecule has 7 heteroatoms. The summed E-state index contributed by atoms with van der Waals surface area (Å²) in [6, 6.07) is 9.94. The van der Waals surface area contributed by atoms with Crippen LogP contribution in [0.3, 0.4) is 0 Å². The maximum Gasteiger partial charge on any atom is 0.241 e. The molecule has 3 N–H and O–H groups in total. The van der Waals surface area contributed by atoms with Gasteiger partial charge in [0.05, 0.1) is 30.6 Å².